The highest BCUT2D eigenvalue weighted by Crippen LogP contribution is 2.24. The molecule has 1 unspecified atom stereocenters. The maximum Gasteiger partial charge on any atom is 0.114 e. The summed E-state index contributed by atoms with van der Waals surface area (Å²) in [5.41, 5.74) is 2.03. The van der Waals surface area contributed by atoms with Crippen molar-refractivity contribution in [3.8, 4) is 0 Å². The van der Waals surface area contributed by atoms with E-state index < -0.39 is 6.10 Å². The minimum Gasteiger partial charge on any atom is -0.388 e. The van der Waals surface area contributed by atoms with Crippen molar-refractivity contribution in [2.24, 2.45) is 5.92 Å². The van der Waals surface area contributed by atoms with Crippen LogP contribution in [0.3, 0.4) is 0 Å². The van der Waals surface area contributed by atoms with Gasteiger partial charge in [0.2, 0.25) is 0 Å². The van der Waals surface area contributed by atoms with Crippen molar-refractivity contribution in [3.05, 3.63) is 53.3 Å². The van der Waals surface area contributed by atoms with Crippen LogP contribution in [0.4, 0.5) is 0 Å². The number of rotatable bonds is 4. The molecule has 3 nitrogen and oxygen atoms in total. The van der Waals surface area contributed by atoms with E-state index in [1.165, 1.54) is 4.70 Å². The average molecular weight is 286 g/mol. The van der Waals surface area contributed by atoms with E-state index in [0.717, 1.165) is 22.6 Å². The number of hydrogen-bond donors (Lipinski definition) is 1. The van der Waals surface area contributed by atoms with E-state index in [1.807, 2.05) is 50.5 Å². The first-order valence-electron chi connectivity index (χ1n) is 6.81. The Labute approximate surface area is 122 Å². The number of nitrogens with zero attached hydrogens (tertiary/aromatic N) is 2. The zero-order chi connectivity index (χ0) is 14.1. The van der Waals surface area contributed by atoms with Crippen molar-refractivity contribution in [2.45, 2.75) is 26.5 Å². The number of para-hydroxylation sites is 1. The minimum absolute atomic E-state index is 0.230. The van der Waals surface area contributed by atoms with E-state index in [9.17, 15) is 5.11 Å². The van der Waals surface area contributed by atoms with Crippen LogP contribution in [-0.4, -0.2) is 14.7 Å². The largest absolute Gasteiger partial charge is 0.388 e. The summed E-state index contributed by atoms with van der Waals surface area (Å²) in [5, 5.41) is 11.2. The van der Waals surface area contributed by atoms with E-state index in [1.54, 1.807) is 11.3 Å². The SMILES string of the molecule is CC(C)C(O)c1ccn(Cc2nc3ccccc3s2)c1. The van der Waals surface area contributed by atoms with Crippen LogP contribution in [0.15, 0.2) is 42.7 Å². The average Bonchev–Trinajstić information content (AvgIpc) is 3.03. The highest BCUT2D eigenvalue weighted by atomic mass is 32.1. The summed E-state index contributed by atoms with van der Waals surface area (Å²) >= 11 is 1.72. The molecule has 0 bridgehead atoms. The molecule has 4 heteroatoms. The van der Waals surface area contributed by atoms with Gasteiger partial charge in [0, 0.05) is 12.4 Å². The highest BCUT2D eigenvalue weighted by molar-refractivity contribution is 7.18. The fourth-order valence-corrected chi connectivity index (χ4v) is 3.24. The molecule has 1 aromatic carbocycles. The van der Waals surface area contributed by atoms with Gasteiger partial charge in [0.1, 0.15) is 5.01 Å². The molecule has 0 radical (unpaired) electrons. The van der Waals surface area contributed by atoms with Crippen molar-refractivity contribution in [1.82, 2.24) is 9.55 Å². The van der Waals surface area contributed by atoms with E-state index in [-0.39, 0.29) is 5.92 Å². The molecule has 104 valence electrons. The first kappa shape index (κ1) is 13.3. The Hall–Kier alpha value is -1.65. The molecular formula is C16H18N2OS. The molecule has 3 aromatic rings. The van der Waals surface area contributed by atoms with Crippen molar-refractivity contribution >= 4 is 21.6 Å². The van der Waals surface area contributed by atoms with E-state index in [4.69, 9.17) is 0 Å². The van der Waals surface area contributed by atoms with Gasteiger partial charge in [-0.3, -0.25) is 0 Å². The molecule has 0 fully saturated rings. The van der Waals surface area contributed by atoms with Gasteiger partial charge in [-0.25, -0.2) is 4.98 Å². The first-order chi connectivity index (χ1) is 9.63. The van der Waals surface area contributed by atoms with Crippen molar-refractivity contribution in [1.29, 1.82) is 0 Å². The van der Waals surface area contributed by atoms with Gasteiger partial charge in [0.25, 0.3) is 0 Å². The van der Waals surface area contributed by atoms with Crippen molar-refractivity contribution in [2.75, 3.05) is 0 Å². The zero-order valence-electron chi connectivity index (χ0n) is 11.7. The molecule has 0 aliphatic rings. The van der Waals surface area contributed by atoms with Crippen molar-refractivity contribution in [3.63, 3.8) is 0 Å². The quantitative estimate of drug-likeness (QED) is 0.791. The minimum atomic E-state index is -0.397. The lowest BCUT2D eigenvalue weighted by Crippen LogP contribution is -2.04. The van der Waals surface area contributed by atoms with Gasteiger partial charge in [-0.05, 0) is 29.7 Å². The second kappa shape index (κ2) is 5.38. The Kier molecular flexibility index (Phi) is 3.59. The second-order valence-corrected chi connectivity index (χ2v) is 6.50. The monoisotopic (exact) mass is 286 g/mol. The topological polar surface area (TPSA) is 38.0 Å². The summed E-state index contributed by atoms with van der Waals surface area (Å²) in [7, 11) is 0. The molecule has 2 aromatic heterocycles. The molecule has 1 N–H and O–H groups in total. The van der Waals surface area contributed by atoms with Crippen LogP contribution in [-0.2, 0) is 6.54 Å². The molecule has 0 saturated carbocycles. The second-order valence-electron chi connectivity index (χ2n) is 5.38. The lowest BCUT2D eigenvalue weighted by molar-refractivity contribution is 0.127. The molecule has 3 rings (SSSR count). The molecule has 2 heterocycles. The lowest BCUT2D eigenvalue weighted by Gasteiger charge is -2.12. The van der Waals surface area contributed by atoms with Gasteiger partial charge in [-0.1, -0.05) is 26.0 Å². The number of thiazole rings is 1. The maximum absolute atomic E-state index is 10.1. The maximum atomic E-state index is 10.1. The first-order valence-corrected chi connectivity index (χ1v) is 7.63. The van der Waals surface area contributed by atoms with Gasteiger partial charge in [-0.15, -0.1) is 11.3 Å². The van der Waals surface area contributed by atoms with Gasteiger partial charge >= 0.3 is 0 Å². The fraction of sp³-hybridized carbons (Fsp3) is 0.312. The normalized spacial score (nSPS) is 13.2. The third-order valence-corrected chi connectivity index (χ3v) is 4.42. The Morgan fingerprint density at radius 3 is 2.80 bits per heavy atom. The fourth-order valence-electron chi connectivity index (χ4n) is 2.26. The number of hydrogen-bond acceptors (Lipinski definition) is 3. The van der Waals surface area contributed by atoms with Crippen LogP contribution in [0, 0.1) is 5.92 Å². The predicted molar refractivity (Wildman–Crippen MR) is 83.0 cm³/mol. The Bertz CT molecular complexity index is 681. The molecule has 0 saturated heterocycles. The number of aliphatic hydroxyl groups excluding tert-OH is 1. The van der Waals surface area contributed by atoms with Gasteiger partial charge in [0.15, 0.2) is 0 Å². The van der Waals surface area contributed by atoms with Crippen LogP contribution in [0.1, 0.15) is 30.5 Å². The summed E-state index contributed by atoms with van der Waals surface area (Å²) in [6.07, 6.45) is 3.62. The van der Waals surface area contributed by atoms with E-state index in [0.29, 0.717) is 0 Å². The van der Waals surface area contributed by atoms with E-state index >= 15 is 0 Å². The Balaban J connectivity index is 1.81. The van der Waals surface area contributed by atoms with Crippen LogP contribution in [0.5, 0.6) is 0 Å². The number of fused-ring (bicyclic) bond motifs is 1. The molecule has 0 spiro atoms. The summed E-state index contributed by atoms with van der Waals surface area (Å²) in [6, 6.07) is 10.2. The molecule has 0 amide bonds. The van der Waals surface area contributed by atoms with Gasteiger partial charge in [-0.2, -0.15) is 0 Å². The summed E-state index contributed by atoms with van der Waals surface area (Å²) in [4.78, 5) is 4.63. The molecule has 0 aliphatic carbocycles. The highest BCUT2D eigenvalue weighted by Gasteiger charge is 2.13. The molecule has 0 aliphatic heterocycles. The zero-order valence-corrected chi connectivity index (χ0v) is 12.5. The van der Waals surface area contributed by atoms with Gasteiger partial charge in [0.05, 0.1) is 22.9 Å². The smallest absolute Gasteiger partial charge is 0.114 e. The standard InChI is InChI=1S/C16H18N2OS/c1-11(2)16(19)12-7-8-18(9-12)10-15-17-13-5-3-4-6-14(13)20-15/h3-9,11,16,19H,10H2,1-2H3. The molecule has 1 atom stereocenters. The lowest BCUT2D eigenvalue weighted by atomic mass is 10.0. The molecule has 20 heavy (non-hydrogen) atoms. The molecular weight excluding hydrogens is 268 g/mol. The van der Waals surface area contributed by atoms with Gasteiger partial charge < -0.3 is 9.67 Å². The number of benzene rings is 1. The number of aliphatic hydroxyl groups is 1. The van der Waals surface area contributed by atoms with Crippen LogP contribution < -0.4 is 0 Å². The Morgan fingerprint density at radius 2 is 2.05 bits per heavy atom. The third-order valence-electron chi connectivity index (χ3n) is 3.40. The number of aromatic nitrogens is 2. The predicted octanol–water partition coefficient (Wildman–Crippen LogP) is 3.84. The third kappa shape index (κ3) is 2.62. The van der Waals surface area contributed by atoms with E-state index in [2.05, 4.69) is 15.6 Å². The van der Waals surface area contributed by atoms with Crippen LogP contribution >= 0.6 is 11.3 Å². The summed E-state index contributed by atoms with van der Waals surface area (Å²) < 4.78 is 3.30. The van der Waals surface area contributed by atoms with Crippen LogP contribution in [0.2, 0.25) is 0 Å². The van der Waals surface area contributed by atoms with Crippen LogP contribution in [0.25, 0.3) is 10.2 Å². The van der Waals surface area contributed by atoms with Crippen molar-refractivity contribution < 1.29 is 5.11 Å². The summed E-state index contributed by atoms with van der Waals surface area (Å²) in [6.45, 7) is 4.80. The Morgan fingerprint density at radius 1 is 1.25 bits per heavy atom. The summed E-state index contributed by atoms with van der Waals surface area (Å²) in [5.74, 6) is 0.230.